The summed E-state index contributed by atoms with van der Waals surface area (Å²) in [6.07, 6.45) is 0. The van der Waals surface area contributed by atoms with Gasteiger partial charge in [0.05, 0.1) is 9.79 Å². The van der Waals surface area contributed by atoms with Gasteiger partial charge in [0.15, 0.2) is 0 Å². The van der Waals surface area contributed by atoms with Crippen LogP contribution >= 0.6 is 0 Å². The number of amides is 2. The molecular formula is C8H10N2O7S2. The topological polar surface area (TPSA) is 150 Å². The zero-order valence-electron chi connectivity index (χ0n) is 9.48. The maximum absolute atomic E-state index is 11.1. The summed E-state index contributed by atoms with van der Waals surface area (Å²) in [6.45, 7) is 0. The van der Waals surface area contributed by atoms with Crippen molar-refractivity contribution in [2.75, 3.05) is 12.4 Å². The van der Waals surface area contributed by atoms with Gasteiger partial charge in [-0.3, -0.25) is 9.11 Å². The predicted octanol–water partition coefficient (Wildman–Crippen LogP) is -0.0687. The van der Waals surface area contributed by atoms with E-state index < -0.39 is 36.1 Å². The number of carbonyl (C=O) groups excluding carboxylic acids is 1. The molecule has 106 valence electrons. The second-order valence-electron chi connectivity index (χ2n) is 3.35. The summed E-state index contributed by atoms with van der Waals surface area (Å²) in [5.74, 6) is 0. The molecule has 0 bridgehead atoms. The van der Waals surface area contributed by atoms with Crippen molar-refractivity contribution in [3.63, 3.8) is 0 Å². The first-order valence-electron chi connectivity index (χ1n) is 4.63. The van der Waals surface area contributed by atoms with Gasteiger partial charge in [0, 0.05) is 12.7 Å². The zero-order valence-corrected chi connectivity index (χ0v) is 11.1. The summed E-state index contributed by atoms with van der Waals surface area (Å²) in [7, 11) is -8.11. The van der Waals surface area contributed by atoms with Crippen LogP contribution < -0.4 is 10.6 Å². The lowest BCUT2D eigenvalue weighted by Gasteiger charge is -2.08. The van der Waals surface area contributed by atoms with Gasteiger partial charge >= 0.3 is 6.03 Å². The van der Waals surface area contributed by atoms with Crippen LogP contribution in [-0.2, 0) is 20.2 Å². The molecular weight excluding hydrogens is 300 g/mol. The molecule has 0 saturated heterocycles. The second kappa shape index (κ2) is 5.13. The van der Waals surface area contributed by atoms with Crippen LogP contribution in [0.5, 0.6) is 0 Å². The average Bonchev–Trinajstić information content (AvgIpc) is 2.26. The second-order valence-corrected chi connectivity index (χ2v) is 6.19. The lowest BCUT2D eigenvalue weighted by atomic mass is 10.3. The van der Waals surface area contributed by atoms with E-state index in [-0.39, 0.29) is 5.69 Å². The minimum Gasteiger partial charge on any atom is -0.341 e. The van der Waals surface area contributed by atoms with Crippen LogP contribution in [0.4, 0.5) is 10.5 Å². The number of anilines is 1. The van der Waals surface area contributed by atoms with E-state index in [0.29, 0.717) is 6.07 Å². The molecule has 0 saturated carbocycles. The van der Waals surface area contributed by atoms with Crippen LogP contribution in [0, 0.1) is 0 Å². The Balaban J connectivity index is 3.46. The molecule has 9 nitrogen and oxygen atoms in total. The highest BCUT2D eigenvalue weighted by molar-refractivity contribution is 7.86. The lowest BCUT2D eigenvalue weighted by Crippen LogP contribution is -2.24. The van der Waals surface area contributed by atoms with Gasteiger partial charge in [0.25, 0.3) is 20.2 Å². The van der Waals surface area contributed by atoms with Crippen molar-refractivity contribution in [1.29, 1.82) is 0 Å². The van der Waals surface area contributed by atoms with E-state index in [0.717, 1.165) is 12.1 Å². The van der Waals surface area contributed by atoms with Crippen molar-refractivity contribution >= 4 is 32.0 Å². The van der Waals surface area contributed by atoms with Crippen molar-refractivity contribution in [1.82, 2.24) is 5.32 Å². The Hall–Kier alpha value is -1.69. The standard InChI is InChI=1S/C8H10N2O7S2/c1-9-8(11)10-5-2-6(18(12,13)14)4-7(3-5)19(15,16)17/h2-4H,1H3,(H2,9,10,11)(H,12,13,14)(H,15,16,17). The van der Waals surface area contributed by atoms with Crippen molar-refractivity contribution in [3.05, 3.63) is 18.2 Å². The first kappa shape index (κ1) is 15.4. The molecule has 4 N–H and O–H groups in total. The Kier molecular flexibility index (Phi) is 4.15. The van der Waals surface area contributed by atoms with E-state index in [1.165, 1.54) is 7.05 Å². The van der Waals surface area contributed by atoms with Crippen molar-refractivity contribution in [2.45, 2.75) is 9.79 Å². The third kappa shape index (κ3) is 4.17. The molecule has 1 rings (SSSR count). The van der Waals surface area contributed by atoms with Crippen molar-refractivity contribution < 1.29 is 30.7 Å². The molecule has 0 aliphatic rings. The SMILES string of the molecule is CNC(=O)Nc1cc(S(=O)(=O)O)cc(S(=O)(=O)O)c1. The third-order valence-corrected chi connectivity index (χ3v) is 3.62. The minimum absolute atomic E-state index is 0.234. The number of urea groups is 1. The number of hydrogen-bond acceptors (Lipinski definition) is 5. The summed E-state index contributed by atoms with van der Waals surface area (Å²) < 4.78 is 61.6. The summed E-state index contributed by atoms with van der Waals surface area (Å²) in [5, 5.41) is 4.27. The van der Waals surface area contributed by atoms with E-state index in [9.17, 15) is 21.6 Å². The van der Waals surface area contributed by atoms with Crippen LogP contribution in [0.15, 0.2) is 28.0 Å². The van der Waals surface area contributed by atoms with Gasteiger partial charge in [-0.05, 0) is 18.2 Å². The fourth-order valence-electron chi connectivity index (χ4n) is 1.14. The van der Waals surface area contributed by atoms with Gasteiger partial charge < -0.3 is 10.6 Å². The molecule has 19 heavy (non-hydrogen) atoms. The highest BCUT2D eigenvalue weighted by atomic mass is 32.2. The number of rotatable bonds is 3. The first-order chi connectivity index (χ1) is 8.54. The van der Waals surface area contributed by atoms with Crippen molar-refractivity contribution in [2.24, 2.45) is 0 Å². The maximum Gasteiger partial charge on any atom is 0.318 e. The number of nitrogens with one attached hydrogen (secondary N) is 2. The van der Waals surface area contributed by atoms with Crippen LogP contribution in [0.3, 0.4) is 0 Å². The molecule has 2 amide bonds. The Morgan fingerprint density at radius 3 is 1.74 bits per heavy atom. The minimum atomic E-state index is -4.70. The monoisotopic (exact) mass is 310 g/mol. The van der Waals surface area contributed by atoms with Gasteiger partial charge in [-0.2, -0.15) is 16.8 Å². The smallest absolute Gasteiger partial charge is 0.318 e. The molecule has 0 unspecified atom stereocenters. The van der Waals surface area contributed by atoms with E-state index >= 15 is 0 Å². The van der Waals surface area contributed by atoms with Gasteiger partial charge in [-0.25, -0.2) is 4.79 Å². The number of benzene rings is 1. The number of carbonyl (C=O) groups is 1. The van der Waals surface area contributed by atoms with Gasteiger partial charge in [-0.1, -0.05) is 0 Å². The fraction of sp³-hybridized carbons (Fsp3) is 0.125. The van der Waals surface area contributed by atoms with E-state index in [4.69, 9.17) is 9.11 Å². The highest BCUT2D eigenvalue weighted by Crippen LogP contribution is 2.22. The molecule has 1 aromatic rings. The van der Waals surface area contributed by atoms with Gasteiger partial charge in [0.2, 0.25) is 0 Å². The van der Waals surface area contributed by atoms with Crippen LogP contribution in [-0.4, -0.2) is 39.0 Å². The maximum atomic E-state index is 11.1. The van der Waals surface area contributed by atoms with Crippen molar-refractivity contribution in [3.8, 4) is 0 Å². The molecule has 0 fully saturated rings. The average molecular weight is 310 g/mol. The van der Waals surface area contributed by atoms with E-state index in [1.807, 2.05) is 0 Å². The highest BCUT2D eigenvalue weighted by Gasteiger charge is 2.18. The molecule has 1 aromatic carbocycles. The molecule has 0 aromatic heterocycles. The zero-order chi connectivity index (χ0) is 14.8. The molecule has 0 aliphatic carbocycles. The normalized spacial score (nSPS) is 11.9. The van der Waals surface area contributed by atoms with E-state index in [1.54, 1.807) is 0 Å². The van der Waals surface area contributed by atoms with E-state index in [2.05, 4.69) is 10.6 Å². The molecule has 11 heteroatoms. The molecule has 0 aliphatic heterocycles. The predicted molar refractivity (Wildman–Crippen MR) is 64.1 cm³/mol. The summed E-state index contributed by atoms with van der Waals surface area (Å²) in [6, 6.07) is 1.48. The molecule has 0 heterocycles. The Labute approximate surface area is 109 Å². The lowest BCUT2D eigenvalue weighted by molar-refractivity contribution is 0.254. The summed E-state index contributed by atoms with van der Waals surface area (Å²) in [5.41, 5.74) is -0.234. The van der Waals surface area contributed by atoms with Crippen LogP contribution in [0.1, 0.15) is 0 Å². The molecule has 0 atom stereocenters. The Morgan fingerprint density at radius 2 is 1.42 bits per heavy atom. The van der Waals surface area contributed by atoms with Gasteiger partial charge in [-0.15, -0.1) is 0 Å². The quantitative estimate of drug-likeness (QED) is 0.571. The van der Waals surface area contributed by atoms with Gasteiger partial charge in [0.1, 0.15) is 0 Å². The Bertz CT molecular complexity index is 658. The largest absolute Gasteiger partial charge is 0.341 e. The number of hydrogen-bond donors (Lipinski definition) is 4. The molecule has 0 spiro atoms. The third-order valence-electron chi connectivity index (χ3n) is 1.96. The summed E-state index contributed by atoms with van der Waals surface area (Å²) >= 11 is 0. The van der Waals surface area contributed by atoms with Crippen LogP contribution in [0.25, 0.3) is 0 Å². The van der Waals surface area contributed by atoms with Crippen LogP contribution in [0.2, 0.25) is 0 Å². The fourth-order valence-corrected chi connectivity index (χ4v) is 2.31. The first-order valence-corrected chi connectivity index (χ1v) is 7.51. The Morgan fingerprint density at radius 1 is 1.00 bits per heavy atom. The summed E-state index contributed by atoms with van der Waals surface area (Å²) in [4.78, 5) is 9.49. The molecule has 0 radical (unpaired) electrons.